The van der Waals surface area contributed by atoms with Gasteiger partial charge in [0.15, 0.2) is 0 Å². The monoisotopic (exact) mass is 247 g/mol. The highest BCUT2D eigenvalue weighted by molar-refractivity contribution is 5.76. The predicted molar refractivity (Wildman–Crippen MR) is 71.2 cm³/mol. The second-order valence-electron chi connectivity index (χ2n) is 4.89. The molecule has 2 rings (SSSR count). The lowest BCUT2D eigenvalue weighted by Gasteiger charge is -2.23. The molecule has 0 radical (unpaired) electrons. The third-order valence-corrected chi connectivity index (χ3v) is 3.36. The minimum absolute atomic E-state index is 0.0577. The van der Waals surface area contributed by atoms with Crippen LogP contribution in [0.3, 0.4) is 0 Å². The highest BCUT2D eigenvalue weighted by atomic mass is 16.5. The molecule has 1 amide bonds. The molecule has 0 bridgehead atoms. The van der Waals surface area contributed by atoms with Crippen molar-refractivity contribution in [1.29, 1.82) is 0 Å². The van der Waals surface area contributed by atoms with E-state index >= 15 is 0 Å². The highest BCUT2D eigenvalue weighted by Crippen LogP contribution is 2.17. The van der Waals surface area contributed by atoms with E-state index in [1.54, 1.807) is 0 Å². The summed E-state index contributed by atoms with van der Waals surface area (Å²) in [4.78, 5) is 11.9. The number of rotatable bonds is 4. The molecule has 0 aromatic heterocycles. The van der Waals surface area contributed by atoms with Crippen molar-refractivity contribution in [2.24, 2.45) is 0 Å². The minimum atomic E-state index is 0.0577. The molecule has 18 heavy (non-hydrogen) atoms. The van der Waals surface area contributed by atoms with Crippen LogP contribution in [0.4, 0.5) is 0 Å². The Morgan fingerprint density at radius 3 is 2.83 bits per heavy atom. The van der Waals surface area contributed by atoms with Crippen LogP contribution < -0.4 is 5.32 Å². The Labute approximate surface area is 109 Å². The van der Waals surface area contributed by atoms with Crippen LogP contribution in [0.2, 0.25) is 0 Å². The van der Waals surface area contributed by atoms with E-state index in [1.807, 2.05) is 37.3 Å². The van der Waals surface area contributed by atoms with Crippen molar-refractivity contribution < 1.29 is 9.53 Å². The number of ether oxygens (including phenoxy) is 1. The summed E-state index contributed by atoms with van der Waals surface area (Å²) in [5.74, 6) is 0.0817. The molecule has 0 saturated carbocycles. The summed E-state index contributed by atoms with van der Waals surface area (Å²) >= 11 is 0. The quantitative estimate of drug-likeness (QED) is 0.888. The number of carbonyl (C=O) groups excluding carboxylic acids is 1. The molecule has 98 valence electrons. The number of amides is 1. The molecule has 1 N–H and O–H groups in total. The summed E-state index contributed by atoms with van der Waals surface area (Å²) in [5, 5.41) is 3.02. The average molecular weight is 247 g/mol. The fourth-order valence-corrected chi connectivity index (χ4v) is 2.30. The summed E-state index contributed by atoms with van der Waals surface area (Å²) in [6.07, 6.45) is 3.90. The van der Waals surface area contributed by atoms with Gasteiger partial charge in [-0.3, -0.25) is 4.79 Å². The molecule has 1 fully saturated rings. The van der Waals surface area contributed by atoms with Crippen LogP contribution >= 0.6 is 0 Å². The van der Waals surface area contributed by atoms with Gasteiger partial charge in [0.25, 0.3) is 0 Å². The largest absolute Gasteiger partial charge is 0.378 e. The Kier molecular flexibility index (Phi) is 4.76. The first-order valence-corrected chi connectivity index (χ1v) is 6.71. The van der Waals surface area contributed by atoms with Gasteiger partial charge in [-0.25, -0.2) is 0 Å². The molecule has 1 aromatic carbocycles. The molecule has 1 saturated heterocycles. The number of hydrogen-bond donors (Lipinski definition) is 1. The SMILES string of the molecule is CC(NC(=O)CC1CCCCO1)c1ccccc1. The summed E-state index contributed by atoms with van der Waals surface area (Å²) < 4.78 is 5.58. The van der Waals surface area contributed by atoms with Gasteiger partial charge in [0.2, 0.25) is 5.91 Å². The topological polar surface area (TPSA) is 38.3 Å². The zero-order valence-electron chi connectivity index (χ0n) is 10.9. The molecule has 1 aromatic rings. The van der Waals surface area contributed by atoms with E-state index in [4.69, 9.17) is 4.74 Å². The number of benzene rings is 1. The normalized spacial score (nSPS) is 21.3. The van der Waals surface area contributed by atoms with E-state index < -0.39 is 0 Å². The van der Waals surface area contributed by atoms with Crippen LogP contribution in [-0.4, -0.2) is 18.6 Å². The first kappa shape index (κ1) is 13.1. The van der Waals surface area contributed by atoms with Crippen LogP contribution in [0.15, 0.2) is 30.3 Å². The van der Waals surface area contributed by atoms with Gasteiger partial charge in [-0.05, 0) is 31.7 Å². The van der Waals surface area contributed by atoms with Crippen molar-refractivity contribution in [2.75, 3.05) is 6.61 Å². The van der Waals surface area contributed by atoms with Gasteiger partial charge < -0.3 is 10.1 Å². The Hall–Kier alpha value is -1.35. The van der Waals surface area contributed by atoms with Crippen molar-refractivity contribution in [1.82, 2.24) is 5.32 Å². The molecule has 1 heterocycles. The van der Waals surface area contributed by atoms with Crippen molar-refractivity contribution in [2.45, 2.75) is 44.8 Å². The first-order chi connectivity index (χ1) is 8.75. The smallest absolute Gasteiger partial charge is 0.223 e. The zero-order chi connectivity index (χ0) is 12.8. The van der Waals surface area contributed by atoms with E-state index in [1.165, 1.54) is 6.42 Å². The molecule has 1 aliphatic rings. The van der Waals surface area contributed by atoms with E-state index in [2.05, 4.69) is 5.32 Å². The van der Waals surface area contributed by atoms with E-state index in [0.717, 1.165) is 25.0 Å². The second kappa shape index (κ2) is 6.55. The van der Waals surface area contributed by atoms with Gasteiger partial charge in [0.05, 0.1) is 18.6 Å². The minimum Gasteiger partial charge on any atom is -0.378 e. The van der Waals surface area contributed by atoms with E-state index in [-0.39, 0.29) is 18.1 Å². The number of nitrogens with one attached hydrogen (secondary N) is 1. The molecule has 1 aliphatic heterocycles. The fraction of sp³-hybridized carbons (Fsp3) is 0.533. The van der Waals surface area contributed by atoms with Gasteiger partial charge in [0.1, 0.15) is 0 Å². The molecule has 0 aliphatic carbocycles. The maximum Gasteiger partial charge on any atom is 0.223 e. The summed E-state index contributed by atoms with van der Waals surface area (Å²) in [6.45, 7) is 2.81. The van der Waals surface area contributed by atoms with Crippen molar-refractivity contribution >= 4 is 5.91 Å². The molecule has 2 atom stereocenters. The third kappa shape index (κ3) is 3.84. The zero-order valence-corrected chi connectivity index (χ0v) is 10.9. The first-order valence-electron chi connectivity index (χ1n) is 6.71. The Morgan fingerprint density at radius 1 is 1.39 bits per heavy atom. The van der Waals surface area contributed by atoms with Crippen LogP contribution in [0, 0.1) is 0 Å². The fourth-order valence-electron chi connectivity index (χ4n) is 2.30. The molecule has 0 spiro atoms. The lowest BCUT2D eigenvalue weighted by Crippen LogP contribution is -2.32. The molecular weight excluding hydrogens is 226 g/mol. The van der Waals surface area contributed by atoms with E-state index in [0.29, 0.717) is 6.42 Å². The van der Waals surface area contributed by atoms with Crippen LogP contribution in [0.5, 0.6) is 0 Å². The number of carbonyl (C=O) groups is 1. The highest BCUT2D eigenvalue weighted by Gasteiger charge is 2.18. The third-order valence-electron chi connectivity index (χ3n) is 3.36. The standard InChI is InChI=1S/C15H21NO2/c1-12(13-7-3-2-4-8-13)16-15(17)11-14-9-5-6-10-18-14/h2-4,7-8,12,14H,5-6,9-11H2,1H3,(H,16,17). The van der Waals surface area contributed by atoms with Crippen LogP contribution in [0.1, 0.15) is 44.2 Å². The molecule has 3 heteroatoms. The lowest BCUT2D eigenvalue weighted by molar-refractivity contribution is -0.125. The molecular formula is C15H21NO2. The predicted octanol–water partition coefficient (Wildman–Crippen LogP) is 2.82. The van der Waals surface area contributed by atoms with Gasteiger partial charge >= 0.3 is 0 Å². The molecule has 3 nitrogen and oxygen atoms in total. The Balaban J connectivity index is 1.80. The van der Waals surface area contributed by atoms with Crippen LogP contribution in [0.25, 0.3) is 0 Å². The van der Waals surface area contributed by atoms with Gasteiger partial charge in [0, 0.05) is 6.61 Å². The Morgan fingerprint density at radius 2 is 2.17 bits per heavy atom. The maximum atomic E-state index is 11.9. The van der Waals surface area contributed by atoms with Crippen molar-refractivity contribution in [3.05, 3.63) is 35.9 Å². The summed E-state index contributed by atoms with van der Waals surface area (Å²) in [5.41, 5.74) is 1.13. The summed E-state index contributed by atoms with van der Waals surface area (Å²) in [7, 11) is 0. The lowest BCUT2D eigenvalue weighted by atomic mass is 10.0. The second-order valence-corrected chi connectivity index (χ2v) is 4.89. The van der Waals surface area contributed by atoms with Crippen molar-refractivity contribution in [3.63, 3.8) is 0 Å². The van der Waals surface area contributed by atoms with Gasteiger partial charge in [-0.15, -0.1) is 0 Å². The van der Waals surface area contributed by atoms with E-state index in [9.17, 15) is 4.79 Å². The maximum absolute atomic E-state index is 11.9. The average Bonchev–Trinajstić information content (AvgIpc) is 2.40. The number of hydrogen-bond acceptors (Lipinski definition) is 2. The van der Waals surface area contributed by atoms with Gasteiger partial charge in [-0.2, -0.15) is 0 Å². The van der Waals surface area contributed by atoms with Crippen molar-refractivity contribution in [3.8, 4) is 0 Å². The summed E-state index contributed by atoms with van der Waals surface area (Å²) in [6, 6.07) is 10.1. The van der Waals surface area contributed by atoms with Crippen LogP contribution in [-0.2, 0) is 9.53 Å². The molecule has 2 unspecified atom stereocenters. The van der Waals surface area contributed by atoms with Gasteiger partial charge in [-0.1, -0.05) is 30.3 Å². The Bertz CT molecular complexity index is 371.